The molecule has 0 saturated carbocycles. The molecule has 3 nitrogen and oxygen atoms in total. The summed E-state index contributed by atoms with van der Waals surface area (Å²) in [4.78, 5) is 0. The summed E-state index contributed by atoms with van der Waals surface area (Å²) >= 11 is 0. The summed E-state index contributed by atoms with van der Waals surface area (Å²) in [6, 6.07) is 17.0. The molecule has 3 heteroatoms. The number of aryl methyl sites for hydroxylation is 1. The number of rotatable bonds is 8. The first kappa shape index (κ1) is 17.6. The molecule has 1 atom stereocenters. The number of hydrogen-bond donors (Lipinski definition) is 1. The van der Waals surface area contributed by atoms with Crippen molar-refractivity contribution in [3.05, 3.63) is 65.9 Å². The maximum atomic E-state index is 6.13. The molecule has 2 aromatic carbocycles. The SMILES string of the molecule is CCCCOc1ccc(CC(CN)c2cn(C)c3ccccc23)cc1. The molecule has 2 N–H and O–H groups in total. The molecule has 0 spiro atoms. The quantitative estimate of drug-likeness (QED) is 0.609. The summed E-state index contributed by atoms with van der Waals surface area (Å²) in [5.41, 5.74) is 10.0. The summed E-state index contributed by atoms with van der Waals surface area (Å²) < 4.78 is 7.94. The minimum atomic E-state index is 0.318. The van der Waals surface area contributed by atoms with Crippen molar-refractivity contribution in [2.24, 2.45) is 12.8 Å². The molecular weight excluding hydrogens is 308 g/mol. The van der Waals surface area contributed by atoms with Gasteiger partial charge in [0, 0.05) is 30.1 Å². The van der Waals surface area contributed by atoms with E-state index >= 15 is 0 Å². The molecule has 1 unspecified atom stereocenters. The van der Waals surface area contributed by atoms with Crippen LogP contribution in [0.25, 0.3) is 10.9 Å². The van der Waals surface area contributed by atoms with Crippen LogP contribution in [0.2, 0.25) is 0 Å². The van der Waals surface area contributed by atoms with E-state index in [4.69, 9.17) is 10.5 Å². The minimum Gasteiger partial charge on any atom is -0.494 e. The van der Waals surface area contributed by atoms with Crippen LogP contribution in [0.5, 0.6) is 5.75 Å². The standard InChI is InChI=1S/C22H28N2O/c1-3-4-13-25-19-11-9-17(10-12-19)14-18(15-23)21-16-24(2)22-8-6-5-7-20(21)22/h5-12,16,18H,3-4,13-15,23H2,1-2H3. The van der Waals surface area contributed by atoms with Gasteiger partial charge in [-0.2, -0.15) is 0 Å². The molecule has 0 bridgehead atoms. The molecule has 132 valence electrons. The highest BCUT2D eigenvalue weighted by Gasteiger charge is 2.16. The minimum absolute atomic E-state index is 0.318. The largest absolute Gasteiger partial charge is 0.494 e. The van der Waals surface area contributed by atoms with Gasteiger partial charge in [-0.25, -0.2) is 0 Å². The lowest BCUT2D eigenvalue weighted by Crippen LogP contribution is -2.14. The van der Waals surface area contributed by atoms with Gasteiger partial charge in [-0.1, -0.05) is 43.7 Å². The fourth-order valence-electron chi connectivity index (χ4n) is 3.36. The van der Waals surface area contributed by atoms with Gasteiger partial charge in [-0.15, -0.1) is 0 Å². The number of nitrogens with zero attached hydrogens (tertiary/aromatic N) is 1. The van der Waals surface area contributed by atoms with Gasteiger partial charge in [0.2, 0.25) is 0 Å². The normalized spacial score (nSPS) is 12.4. The highest BCUT2D eigenvalue weighted by molar-refractivity contribution is 5.84. The van der Waals surface area contributed by atoms with E-state index in [0.717, 1.165) is 31.6 Å². The molecule has 3 rings (SSSR count). The van der Waals surface area contributed by atoms with Crippen LogP contribution < -0.4 is 10.5 Å². The summed E-state index contributed by atoms with van der Waals surface area (Å²) in [6.45, 7) is 3.60. The van der Waals surface area contributed by atoms with Gasteiger partial charge in [-0.05, 0) is 48.7 Å². The van der Waals surface area contributed by atoms with Gasteiger partial charge in [0.25, 0.3) is 0 Å². The number of benzene rings is 2. The first-order valence-electron chi connectivity index (χ1n) is 9.18. The summed E-state index contributed by atoms with van der Waals surface area (Å²) in [5.74, 6) is 1.27. The molecule has 0 radical (unpaired) electrons. The third-order valence-electron chi connectivity index (χ3n) is 4.82. The fraction of sp³-hybridized carbons (Fsp3) is 0.364. The van der Waals surface area contributed by atoms with Crippen molar-refractivity contribution in [2.75, 3.05) is 13.2 Å². The van der Waals surface area contributed by atoms with E-state index < -0.39 is 0 Å². The van der Waals surface area contributed by atoms with Gasteiger partial charge in [0.05, 0.1) is 6.61 Å². The van der Waals surface area contributed by atoms with E-state index in [1.165, 1.54) is 22.0 Å². The van der Waals surface area contributed by atoms with Crippen LogP contribution in [0.1, 0.15) is 36.8 Å². The molecule has 1 aromatic heterocycles. The van der Waals surface area contributed by atoms with Crippen molar-refractivity contribution in [3.8, 4) is 5.75 Å². The Hall–Kier alpha value is -2.26. The number of fused-ring (bicyclic) bond motifs is 1. The number of hydrogen-bond acceptors (Lipinski definition) is 2. The third kappa shape index (κ3) is 4.05. The molecule has 0 saturated heterocycles. The number of ether oxygens (including phenoxy) is 1. The molecule has 0 fully saturated rings. The van der Waals surface area contributed by atoms with Crippen molar-refractivity contribution >= 4 is 10.9 Å². The number of para-hydroxylation sites is 1. The van der Waals surface area contributed by atoms with Crippen LogP contribution in [0.15, 0.2) is 54.7 Å². The molecule has 25 heavy (non-hydrogen) atoms. The Balaban J connectivity index is 1.75. The lowest BCUT2D eigenvalue weighted by molar-refractivity contribution is 0.309. The Bertz CT molecular complexity index is 805. The van der Waals surface area contributed by atoms with Crippen molar-refractivity contribution < 1.29 is 4.74 Å². The van der Waals surface area contributed by atoms with E-state index in [1.807, 2.05) is 0 Å². The molecule has 3 aromatic rings. The third-order valence-corrected chi connectivity index (χ3v) is 4.82. The van der Waals surface area contributed by atoms with Crippen molar-refractivity contribution in [3.63, 3.8) is 0 Å². The van der Waals surface area contributed by atoms with Gasteiger partial charge in [0.15, 0.2) is 0 Å². The van der Waals surface area contributed by atoms with E-state index in [2.05, 4.69) is 73.3 Å². The Morgan fingerprint density at radius 1 is 1.08 bits per heavy atom. The number of nitrogens with two attached hydrogens (primary N) is 1. The molecule has 0 aliphatic rings. The molecule has 0 aliphatic heterocycles. The Kier molecular flexibility index (Phi) is 5.77. The average molecular weight is 336 g/mol. The number of unbranched alkanes of at least 4 members (excludes halogenated alkanes) is 1. The molecule has 1 heterocycles. The number of aromatic nitrogens is 1. The summed E-state index contributed by atoms with van der Waals surface area (Å²) in [5, 5.41) is 1.31. The Morgan fingerprint density at radius 2 is 1.84 bits per heavy atom. The molecular formula is C22H28N2O. The first-order chi connectivity index (χ1) is 12.2. The van der Waals surface area contributed by atoms with E-state index in [1.54, 1.807) is 0 Å². The molecule has 0 aliphatic carbocycles. The van der Waals surface area contributed by atoms with Crippen LogP contribution in [0.3, 0.4) is 0 Å². The monoisotopic (exact) mass is 336 g/mol. The lowest BCUT2D eigenvalue weighted by Gasteiger charge is -2.15. The van der Waals surface area contributed by atoms with Gasteiger partial charge in [0.1, 0.15) is 5.75 Å². The second-order valence-corrected chi connectivity index (χ2v) is 6.70. The van der Waals surface area contributed by atoms with Crippen molar-refractivity contribution in [2.45, 2.75) is 32.1 Å². The summed E-state index contributed by atoms with van der Waals surface area (Å²) in [6.07, 6.45) is 5.42. The van der Waals surface area contributed by atoms with Gasteiger partial charge < -0.3 is 15.0 Å². The van der Waals surface area contributed by atoms with Crippen LogP contribution in [-0.2, 0) is 13.5 Å². The maximum Gasteiger partial charge on any atom is 0.119 e. The highest BCUT2D eigenvalue weighted by atomic mass is 16.5. The second kappa shape index (κ2) is 8.21. The van der Waals surface area contributed by atoms with E-state index in [9.17, 15) is 0 Å². The zero-order valence-corrected chi connectivity index (χ0v) is 15.2. The maximum absolute atomic E-state index is 6.13. The zero-order valence-electron chi connectivity index (χ0n) is 15.2. The highest BCUT2D eigenvalue weighted by Crippen LogP contribution is 2.29. The van der Waals surface area contributed by atoms with Crippen LogP contribution in [-0.4, -0.2) is 17.7 Å². The molecule has 0 amide bonds. The predicted molar refractivity (Wildman–Crippen MR) is 105 cm³/mol. The average Bonchev–Trinajstić information content (AvgIpc) is 2.98. The smallest absolute Gasteiger partial charge is 0.119 e. The van der Waals surface area contributed by atoms with Gasteiger partial charge in [-0.3, -0.25) is 0 Å². The lowest BCUT2D eigenvalue weighted by atomic mass is 9.92. The van der Waals surface area contributed by atoms with E-state index in [0.29, 0.717) is 12.5 Å². The first-order valence-corrected chi connectivity index (χ1v) is 9.18. The summed E-state index contributed by atoms with van der Waals surface area (Å²) in [7, 11) is 2.10. The Morgan fingerprint density at radius 3 is 2.56 bits per heavy atom. The van der Waals surface area contributed by atoms with Crippen LogP contribution in [0.4, 0.5) is 0 Å². The van der Waals surface area contributed by atoms with Gasteiger partial charge >= 0.3 is 0 Å². The topological polar surface area (TPSA) is 40.2 Å². The van der Waals surface area contributed by atoms with Crippen molar-refractivity contribution in [1.82, 2.24) is 4.57 Å². The van der Waals surface area contributed by atoms with Crippen LogP contribution >= 0.6 is 0 Å². The van der Waals surface area contributed by atoms with E-state index in [-0.39, 0.29) is 0 Å². The predicted octanol–water partition coefficient (Wildman–Crippen LogP) is 4.64. The zero-order chi connectivity index (χ0) is 17.6. The van der Waals surface area contributed by atoms with Crippen LogP contribution in [0, 0.1) is 0 Å². The van der Waals surface area contributed by atoms with Crippen molar-refractivity contribution in [1.29, 1.82) is 0 Å². The Labute approximate surface area is 150 Å². The fourth-order valence-corrected chi connectivity index (χ4v) is 3.36. The second-order valence-electron chi connectivity index (χ2n) is 6.70.